The van der Waals surface area contributed by atoms with E-state index in [2.05, 4.69) is 15.4 Å². The fourth-order valence-corrected chi connectivity index (χ4v) is 4.67. The highest BCUT2D eigenvalue weighted by Crippen LogP contribution is 2.33. The summed E-state index contributed by atoms with van der Waals surface area (Å²) >= 11 is 12.3. The Morgan fingerprint density at radius 1 is 0.784 bits per heavy atom. The smallest absolute Gasteiger partial charge is 0.250 e. The van der Waals surface area contributed by atoms with Crippen LogP contribution in [0.5, 0.6) is 0 Å². The Labute approximate surface area is 226 Å². The second kappa shape index (κ2) is 12.0. The van der Waals surface area contributed by atoms with Gasteiger partial charge in [0.05, 0.1) is 11.2 Å². The van der Waals surface area contributed by atoms with Crippen LogP contribution in [0.25, 0.3) is 0 Å². The van der Waals surface area contributed by atoms with Gasteiger partial charge in [-0.3, -0.25) is 4.90 Å². The number of benzene rings is 3. The lowest BCUT2D eigenvalue weighted by atomic mass is 10.2. The third kappa shape index (κ3) is 6.37. The lowest BCUT2D eigenvalue weighted by Crippen LogP contribution is -2.27. The maximum atomic E-state index is 6.30. The van der Waals surface area contributed by atoms with Crippen LogP contribution < -0.4 is 15.2 Å². The van der Waals surface area contributed by atoms with Gasteiger partial charge in [-0.15, -0.1) is 0 Å². The first kappa shape index (κ1) is 25.0. The molecule has 0 saturated carbocycles. The quantitative estimate of drug-likeness (QED) is 0.197. The largest absolute Gasteiger partial charge is 0.341 e. The molecule has 1 aliphatic heterocycles. The molecule has 1 aliphatic rings. The number of anilines is 5. The number of hydrazone groups is 1. The fraction of sp³-hybridized carbons (Fsp3) is 0.214. The van der Waals surface area contributed by atoms with Crippen molar-refractivity contribution in [2.24, 2.45) is 5.10 Å². The van der Waals surface area contributed by atoms with E-state index in [1.54, 1.807) is 18.3 Å². The number of hydrogen-bond donors (Lipinski definition) is 1. The number of rotatable bonds is 7. The van der Waals surface area contributed by atoms with Crippen molar-refractivity contribution < 1.29 is 0 Å². The summed E-state index contributed by atoms with van der Waals surface area (Å²) in [5, 5.41) is 5.44. The number of halogens is 2. The molecule has 188 valence electrons. The van der Waals surface area contributed by atoms with Gasteiger partial charge in [-0.1, -0.05) is 78.5 Å². The van der Waals surface area contributed by atoms with Crippen LogP contribution in [-0.4, -0.2) is 34.3 Å². The van der Waals surface area contributed by atoms with Crippen molar-refractivity contribution in [3.8, 4) is 0 Å². The van der Waals surface area contributed by atoms with E-state index in [9.17, 15) is 0 Å². The van der Waals surface area contributed by atoms with E-state index >= 15 is 0 Å². The average Bonchev–Trinajstić information content (AvgIpc) is 3.21. The minimum absolute atomic E-state index is 0.349. The van der Waals surface area contributed by atoms with Crippen LogP contribution in [0.2, 0.25) is 10.0 Å². The molecule has 0 unspecified atom stereocenters. The molecule has 3 aromatic carbocycles. The molecule has 4 aromatic rings. The van der Waals surface area contributed by atoms with Crippen molar-refractivity contribution in [2.75, 3.05) is 28.3 Å². The van der Waals surface area contributed by atoms with E-state index in [0.29, 0.717) is 27.9 Å². The van der Waals surface area contributed by atoms with Crippen LogP contribution in [-0.2, 0) is 0 Å². The summed E-state index contributed by atoms with van der Waals surface area (Å²) in [5.41, 5.74) is 5.62. The van der Waals surface area contributed by atoms with Crippen molar-refractivity contribution >= 4 is 58.6 Å². The second-order valence-electron chi connectivity index (χ2n) is 8.70. The molecule has 1 saturated heterocycles. The summed E-state index contributed by atoms with van der Waals surface area (Å²) in [6.45, 7) is 1.81. The minimum Gasteiger partial charge on any atom is -0.341 e. The van der Waals surface area contributed by atoms with Crippen LogP contribution in [0, 0.1) is 0 Å². The molecular weight excluding hydrogens is 505 g/mol. The van der Waals surface area contributed by atoms with Gasteiger partial charge in [0.15, 0.2) is 0 Å². The zero-order chi connectivity index (χ0) is 25.5. The van der Waals surface area contributed by atoms with Gasteiger partial charge in [-0.25, -0.2) is 5.43 Å². The number of nitrogens with one attached hydrogen (secondary N) is 1. The molecule has 37 heavy (non-hydrogen) atoms. The van der Waals surface area contributed by atoms with Crippen LogP contribution in [0.1, 0.15) is 31.2 Å². The van der Waals surface area contributed by atoms with E-state index in [-0.39, 0.29) is 0 Å². The van der Waals surface area contributed by atoms with Crippen molar-refractivity contribution in [1.82, 2.24) is 15.0 Å². The van der Waals surface area contributed by atoms with E-state index in [0.717, 1.165) is 42.9 Å². The standard InChI is InChI=1S/C28H27Cl2N7/c29-22-16-15-21(25(30)19-22)20-31-35-26-32-27(36-17-9-1-2-10-18-36)34-28(33-26)37(23-11-5-3-6-12-23)24-13-7-4-8-14-24/h3-8,11-16,19-20H,1-2,9-10,17-18H2,(H,32,33,34,35)/b31-20+. The fourth-order valence-electron chi connectivity index (χ4n) is 4.22. The molecule has 2 heterocycles. The van der Waals surface area contributed by atoms with Crippen molar-refractivity contribution in [1.29, 1.82) is 0 Å². The minimum atomic E-state index is 0.349. The Morgan fingerprint density at radius 3 is 2.05 bits per heavy atom. The van der Waals surface area contributed by atoms with Gasteiger partial charge >= 0.3 is 0 Å². The topological polar surface area (TPSA) is 69.5 Å². The molecule has 0 aliphatic carbocycles. The number of para-hydroxylation sites is 2. The summed E-state index contributed by atoms with van der Waals surface area (Å²) in [4.78, 5) is 18.7. The molecule has 7 nitrogen and oxygen atoms in total. The van der Waals surface area contributed by atoms with Crippen molar-refractivity contribution in [3.05, 3.63) is 94.5 Å². The molecule has 1 fully saturated rings. The van der Waals surface area contributed by atoms with Gasteiger partial charge in [-0.2, -0.15) is 20.1 Å². The average molecular weight is 532 g/mol. The zero-order valence-electron chi connectivity index (χ0n) is 20.3. The van der Waals surface area contributed by atoms with Crippen molar-refractivity contribution in [3.63, 3.8) is 0 Å². The Bertz CT molecular complexity index is 1300. The Morgan fingerprint density at radius 2 is 1.43 bits per heavy atom. The van der Waals surface area contributed by atoms with Crippen LogP contribution >= 0.6 is 23.2 Å². The molecule has 0 atom stereocenters. The van der Waals surface area contributed by atoms with Crippen LogP contribution in [0.15, 0.2) is 84.0 Å². The lowest BCUT2D eigenvalue weighted by molar-refractivity contribution is 0.726. The molecule has 9 heteroatoms. The predicted octanol–water partition coefficient (Wildman–Crippen LogP) is 7.47. The zero-order valence-corrected chi connectivity index (χ0v) is 21.8. The van der Waals surface area contributed by atoms with E-state index < -0.39 is 0 Å². The summed E-state index contributed by atoms with van der Waals surface area (Å²) in [7, 11) is 0. The molecule has 0 bridgehead atoms. The first-order chi connectivity index (χ1) is 18.2. The van der Waals surface area contributed by atoms with E-state index in [4.69, 9.17) is 38.2 Å². The molecule has 0 radical (unpaired) electrons. The predicted molar refractivity (Wildman–Crippen MR) is 153 cm³/mol. The third-order valence-electron chi connectivity index (χ3n) is 6.06. The number of hydrogen-bond acceptors (Lipinski definition) is 7. The summed E-state index contributed by atoms with van der Waals surface area (Å²) in [6, 6.07) is 25.4. The molecule has 0 spiro atoms. The van der Waals surface area contributed by atoms with Gasteiger partial charge in [0.25, 0.3) is 0 Å². The maximum Gasteiger partial charge on any atom is 0.250 e. The summed E-state index contributed by atoms with van der Waals surface area (Å²) in [6.07, 6.45) is 6.27. The van der Waals surface area contributed by atoms with Gasteiger partial charge in [0, 0.05) is 35.1 Å². The molecule has 1 N–H and O–H groups in total. The van der Waals surface area contributed by atoms with Crippen LogP contribution in [0.4, 0.5) is 29.2 Å². The first-order valence-corrected chi connectivity index (χ1v) is 13.1. The van der Waals surface area contributed by atoms with E-state index in [1.807, 2.05) is 71.6 Å². The van der Waals surface area contributed by atoms with Gasteiger partial charge in [0.2, 0.25) is 17.8 Å². The van der Waals surface area contributed by atoms with Gasteiger partial charge in [-0.05, 0) is 49.2 Å². The Hall–Kier alpha value is -3.68. The molecular formula is C28H27Cl2N7. The number of nitrogens with zero attached hydrogens (tertiary/aromatic N) is 6. The summed E-state index contributed by atoms with van der Waals surface area (Å²) < 4.78 is 0. The number of aromatic nitrogens is 3. The third-order valence-corrected chi connectivity index (χ3v) is 6.62. The normalized spacial score (nSPS) is 13.9. The van der Waals surface area contributed by atoms with Crippen molar-refractivity contribution in [2.45, 2.75) is 25.7 Å². The Kier molecular flexibility index (Phi) is 8.13. The van der Waals surface area contributed by atoms with E-state index in [1.165, 1.54) is 12.8 Å². The highest BCUT2D eigenvalue weighted by atomic mass is 35.5. The monoisotopic (exact) mass is 531 g/mol. The second-order valence-corrected chi connectivity index (χ2v) is 9.55. The SMILES string of the molecule is Clc1ccc(/C=N/Nc2nc(N3CCCCCC3)nc(N(c3ccccc3)c3ccccc3)n2)c(Cl)c1. The lowest BCUT2D eigenvalue weighted by Gasteiger charge is -2.26. The first-order valence-electron chi connectivity index (χ1n) is 12.3. The highest BCUT2D eigenvalue weighted by Gasteiger charge is 2.21. The van der Waals surface area contributed by atoms with Gasteiger partial charge < -0.3 is 4.90 Å². The molecule has 5 rings (SSSR count). The molecule has 0 amide bonds. The maximum absolute atomic E-state index is 6.30. The van der Waals surface area contributed by atoms with Crippen LogP contribution in [0.3, 0.4) is 0 Å². The Balaban J connectivity index is 1.54. The van der Waals surface area contributed by atoms with Gasteiger partial charge in [0.1, 0.15) is 0 Å². The molecule has 1 aromatic heterocycles. The summed E-state index contributed by atoms with van der Waals surface area (Å²) in [5.74, 6) is 1.49. The highest BCUT2D eigenvalue weighted by molar-refractivity contribution is 6.36.